The SMILES string of the molecule is CCOP(=O)(OCC)C(C#N)=Cc1c(C)[nH]c2ccccc12. The molecule has 0 aliphatic heterocycles. The number of aromatic amines is 1. The molecule has 0 aliphatic carbocycles. The molecule has 0 radical (unpaired) electrons. The van der Waals surface area contributed by atoms with Gasteiger partial charge in [-0.3, -0.25) is 4.57 Å². The maximum absolute atomic E-state index is 12.8. The van der Waals surface area contributed by atoms with Gasteiger partial charge in [-0.1, -0.05) is 18.2 Å². The van der Waals surface area contributed by atoms with Crippen LogP contribution < -0.4 is 0 Å². The van der Waals surface area contributed by atoms with Crippen LogP contribution >= 0.6 is 7.60 Å². The van der Waals surface area contributed by atoms with Crippen LogP contribution in [0.2, 0.25) is 0 Å². The fourth-order valence-electron chi connectivity index (χ4n) is 2.31. The summed E-state index contributed by atoms with van der Waals surface area (Å²) in [4.78, 5) is 3.25. The molecule has 0 unspecified atom stereocenters. The lowest BCUT2D eigenvalue weighted by molar-refractivity contribution is 0.227. The van der Waals surface area contributed by atoms with E-state index in [1.54, 1.807) is 19.9 Å². The number of benzene rings is 1. The molecule has 2 aromatic rings. The second kappa shape index (κ2) is 6.93. The van der Waals surface area contributed by atoms with Crippen LogP contribution in [0.25, 0.3) is 17.0 Å². The lowest BCUT2D eigenvalue weighted by Crippen LogP contribution is -1.98. The Morgan fingerprint density at radius 2 is 1.95 bits per heavy atom. The third kappa shape index (κ3) is 3.15. The van der Waals surface area contributed by atoms with Crippen molar-refractivity contribution in [3.63, 3.8) is 0 Å². The molecule has 0 fully saturated rings. The average Bonchev–Trinajstić information content (AvgIpc) is 2.80. The number of nitriles is 1. The van der Waals surface area contributed by atoms with E-state index in [1.165, 1.54) is 0 Å². The highest BCUT2D eigenvalue weighted by Gasteiger charge is 2.30. The van der Waals surface area contributed by atoms with Gasteiger partial charge in [-0.25, -0.2) is 0 Å². The largest absolute Gasteiger partial charge is 0.371 e. The Labute approximate surface area is 130 Å². The number of allylic oxidation sites excluding steroid dienone is 1. The van der Waals surface area contributed by atoms with Gasteiger partial charge in [0, 0.05) is 22.2 Å². The predicted octanol–water partition coefficient (Wildman–Crippen LogP) is 4.61. The fourth-order valence-corrected chi connectivity index (χ4v) is 3.75. The molecule has 0 saturated heterocycles. The summed E-state index contributed by atoms with van der Waals surface area (Å²) in [6.07, 6.45) is 1.60. The highest BCUT2D eigenvalue weighted by Crippen LogP contribution is 2.56. The molecule has 0 aliphatic rings. The van der Waals surface area contributed by atoms with E-state index < -0.39 is 7.60 Å². The van der Waals surface area contributed by atoms with Crippen LogP contribution in [0.5, 0.6) is 0 Å². The van der Waals surface area contributed by atoms with Gasteiger partial charge in [0.2, 0.25) is 0 Å². The van der Waals surface area contributed by atoms with Crippen LogP contribution in [-0.4, -0.2) is 18.2 Å². The molecule has 1 N–H and O–H groups in total. The number of aryl methyl sites for hydroxylation is 1. The Morgan fingerprint density at radius 3 is 2.55 bits per heavy atom. The Balaban J connectivity index is 2.58. The van der Waals surface area contributed by atoms with Crippen LogP contribution in [0.3, 0.4) is 0 Å². The third-order valence-corrected chi connectivity index (χ3v) is 5.25. The van der Waals surface area contributed by atoms with Crippen molar-refractivity contribution >= 4 is 24.6 Å². The quantitative estimate of drug-likeness (QED) is 0.623. The Kier molecular flexibility index (Phi) is 5.20. The van der Waals surface area contributed by atoms with Crippen molar-refractivity contribution in [3.8, 4) is 6.07 Å². The van der Waals surface area contributed by atoms with E-state index in [1.807, 2.05) is 37.3 Å². The van der Waals surface area contributed by atoms with Crippen molar-refractivity contribution in [2.45, 2.75) is 20.8 Å². The maximum atomic E-state index is 12.8. The van der Waals surface area contributed by atoms with E-state index in [0.29, 0.717) is 0 Å². The van der Waals surface area contributed by atoms with Crippen LogP contribution in [0, 0.1) is 18.3 Å². The first-order chi connectivity index (χ1) is 10.6. The van der Waals surface area contributed by atoms with Gasteiger partial charge in [0.15, 0.2) is 0 Å². The highest BCUT2D eigenvalue weighted by atomic mass is 31.2. The van der Waals surface area contributed by atoms with E-state index in [0.717, 1.165) is 22.2 Å². The zero-order valence-electron chi connectivity index (χ0n) is 12.9. The van der Waals surface area contributed by atoms with Crippen LogP contribution in [-0.2, 0) is 13.6 Å². The van der Waals surface area contributed by atoms with Gasteiger partial charge in [-0.05, 0) is 32.9 Å². The summed E-state index contributed by atoms with van der Waals surface area (Å²) in [5, 5.41) is 10.4. The van der Waals surface area contributed by atoms with Crippen molar-refractivity contribution in [1.82, 2.24) is 4.98 Å². The Bertz CT molecular complexity index is 776. The van der Waals surface area contributed by atoms with Gasteiger partial charge in [-0.15, -0.1) is 0 Å². The molecule has 2 rings (SSSR count). The second-order valence-corrected chi connectivity index (χ2v) is 6.68. The topological polar surface area (TPSA) is 75.1 Å². The van der Waals surface area contributed by atoms with Gasteiger partial charge >= 0.3 is 7.60 Å². The molecule has 1 aromatic carbocycles. The molecule has 116 valence electrons. The van der Waals surface area contributed by atoms with Crippen LogP contribution in [0.15, 0.2) is 29.6 Å². The number of para-hydroxylation sites is 1. The first kappa shape index (κ1) is 16.5. The van der Waals surface area contributed by atoms with Gasteiger partial charge in [-0.2, -0.15) is 5.26 Å². The van der Waals surface area contributed by atoms with Crippen molar-refractivity contribution < 1.29 is 13.6 Å². The maximum Gasteiger partial charge on any atom is 0.371 e. The van der Waals surface area contributed by atoms with E-state index in [4.69, 9.17) is 9.05 Å². The molecule has 0 spiro atoms. The van der Waals surface area contributed by atoms with Gasteiger partial charge in [0.25, 0.3) is 0 Å². The number of H-pyrrole nitrogens is 1. The summed E-state index contributed by atoms with van der Waals surface area (Å²) in [5.41, 5.74) is 2.69. The van der Waals surface area contributed by atoms with Crippen LogP contribution in [0.4, 0.5) is 0 Å². The summed E-state index contributed by atoms with van der Waals surface area (Å²) in [7, 11) is -3.58. The summed E-state index contributed by atoms with van der Waals surface area (Å²) in [5.74, 6) is 0. The molecule has 1 aromatic heterocycles. The number of rotatable bonds is 6. The van der Waals surface area contributed by atoms with Crippen molar-refractivity contribution in [2.75, 3.05) is 13.2 Å². The predicted molar refractivity (Wildman–Crippen MR) is 87.5 cm³/mol. The number of hydrogen-bond acceptors (Lipinski definition) is 4. The second-order valence-electron chi connectivity index (χ2n) is 4.68. The van der Waals surface area contributed by atoms with Gasteiger partial charge in [0.05, 0.1) is 13.2 Å². The highest BCUT2D eigenvalue weighted by molar-refractivity contribution is 7.59. The van der Waals surface area contributed by atoms with E-state index >= 15 is 0 Å². The van der Waals surface area contributed by atoms with Crippen molar-refractivity contribution in [2.24, 2.45) is 0 Å². The summed E-state index contributed by atoms with van der Waals surface area (Å²) < 4.78 is 23.3. The smallest absolute Gasteiger partial charge is 0.358 e. The van der Waals surface area contributed by atoms with E-state index in [9.17, 15) is 9.83 Å². The minimum absolute atomic E-state index is 0.0176. The molecule has 0 bridgehead atoms. The lowest BCUT2D eigenvalue weighted by Gasteiger charge is -2.15. The Hall–Kier alpha value is -1.86. The van der Waals surface area contributed by atoms with Crippen molar-refractivity contribution in [1.29, 1.82) is 5.26 Å². The number of nitrogens with one attached hydrogen (secondary N) is 1. The van der Waals surface area contributed by atoms with Gasteiger partial charge in [0.1, 0.15) is 11.4 Å². The molecule has 0 amide bonds. The molecule has 6 heteroatoms. The molecular weight excluding hydrogens is 299 g/mol. The number of aromatic nitrogens is 1. The zero-order valence-corrected chi connectivity index (χ0v) is 13.8. The Morgan fingerprint density at radius 1 is 1.32 bits per heavy atom. The molecule has 1 heterocycles. The summed E-state index contributed by atoms with van der Waals surface area (Å²) in [6.45, 7) is 5.77. The minimum Gasteiger partial charge on any atom is -0.358 e. The number of nitrogens with zero attached hydrogens (tertiary/aromatic N) is 1. The molecule has 0 atom stereocenters. The first-order valence-corrected chi connectivity index (χ1v) is 8.68. The average molecular weight is 318 g/mol. The molecule has 0 saturated carbocycles. The van der Waals surface area contributed by atoms with Crippen molar-refractivity contribution in [3.05, 3.63) is 40.8 Å². The summed E-state index contributed by atoms with van der Waals surface area (Å²) in [6, 6.07) is 9.73. The first-order valence-electron chi connectivity index (χ1n) is 7.14. The number of hydrogen-bond donors (Lipinski definition) is 1. The standard InChI is InChI=1S/C16H19N2O3P/c1-4-20-22(19,21-5-2)13(11-17)10-15-12(3)18-16-9-7-6-8-14(15)16/h6-10,18H,4-5H2,1-3H3. The van der Waals surface area contributed by atoms with E-state index in [-0.39, 0.29) is 18.5 Å². The minimum atomic E-state index is -3.58. The molecule has 5 nitrogen and oxygen atoms in total. The molecular formula is C16H19N2O3P. The van der Waals surface area contributed by atoms with Gasteiger partial charge < -0.3 is 14.0 Å². The zero-order chi connectivity index (χ0) is 16.2. The monoisotopic (exact) mass is 318 g/mol. The van der Waals surface area contributed by atoms with Crippen LogP contribution in [0.1, 0.15) is 25.1 Å². The third-order valence-electron chi connectivity index (χ3n) is 3.23. The fraction of sp³-hybridized carbons (Fsp3) is 0.312. The van der Waals surface area contributed by atoms with E-state index in [2.05, 4.69) is 4.98 Å². The lowest BCUT2D eigenvalue weighted by atomic mass is 10.1. The molecule has 22 heavy (non-hydrogen) atoms. The number of fused-ring (bicyclic) bond motifs is 1. The summed E-state index contributed by atoms with van der Waals surface area (Å²) >= 11 is 0. The normalized spacial score (nSPS) is 12.5.